The Balaban J connectivity index is 1.97. The highest BCUT2D eigenvalue weighted by Gasteiger charge is 2.38. The van der Waals surface area contributed by atoms with Gasteiger partial charge in [-0.15, -0.1) is 0 Å². The van der Waals surface area contributed by atoms with E-state index in [4.69, 9.17) is 11.6 Å². The number of alkyl halides is 3. The normalized spacial score (nSPS) is 14.8. The van der Waals surface area contributed by atoms with Gasteiger partial charge in [0.05, 0.1) is 12.2 Å². The van der Waals surface area contributed by atoms with E-state index in [1.807, 2.05) is 0 Å². The summed E-state index contributed by atoms with van der Waals surface area (Å²) in [6.45, 7) is -1.27. The molecule has 1 aliphatic heterocycles. The van der Waals surface area contributed by atoms with E-state index in [1.165, 1.54) is 4.90 Å². The fourth-order valence-corrected chi connectivity index (χ4v) is 2.85. The number of fused-ring (bicyclic) bond motifs is 1. The molecule has 1 aromatic heterocycles. The van der Waals surface area contributed by atoms with Gasteiger partial charge in [-0.2, -0.15) is 13.2 Å². The molecule has 0 aliphatic carbocycles. The second-order valence-corrected chi connectivity index (χ2v) is 5.90. The molecule has 0 radical (unpaired) electrons. The van der Waals surface area contributed by atoms with E-state index < -0.39 is 18.8 Å². The van der Waals surface area contributed by atoms with Gasteiger partial charge in [-0.1, -0.05) is 11.6 Å². The molecule has 2 amide bonds. The van der Waals surface area contributed by atoms with Gasteiger partial charge in [-0.3, -0.25) is 9.88 Å². The van der Waals surface area contributed by atoms with E-state index in [0.29, 0.717) is 16.3 Å². The minimum atomic E-state index is -4.46. The lowest BCUT2D eigenvalue weighted by atomic mass is 10.1. The third-order valence-electron chi connectivity index (χ3n) is 3.66. The van der Waals surface area contributed by atoms with Crippen LogP contribution in [0.3, 0.4) is 0 Å². The molecule has 0 atom stereocenters. The molecule has 2 aromatic rings. The SMILES string of the molecule is O=C1N(CC(F)(F)F)Cc2cc(Cl)ccc2N1Cc1ccncc1. The summed E-state index contributed by atoms with van der Waals surface area (Å²) < 4.78 is 38.3. The molecule has 2 heterocycles. The summed E-state index contributed by atoms with van der Waals surface area (Å²) in [5.74, 6) is 0. The number of carbonyl (C=O) groups excluding carboxylic acids is 1. The van der Waals surface area contributed by atoms with E-state index in [9.17, 15) is 18.0 Å². The van der Waals surface area contributed by atoms with Crippen molar-refractivity contribution in [2.24, 2.45) is 0 Å². The van der Waals surface area contributed by atoms with E-state index in [2.05, 4.69) is 4.98 Å². The van der Waals surface area contributed by atoms with E-state index in [0.717, 1.165) is 10.5 Å². The molecule has 4 nitrogen and oxygen atoms in total. The molecule has 0 saturated heterocycles. The second kappa shape index (κ2) is 6.32. The first-order valence-electron chi connectivity index (χ1n) is 7.14. The summed E-state index contributed by atoms with van der Waals surface area (Å²) in [7, 11) is 0. The molecule has 1 aromatic carbocycles. The molecule has 1 aliphatic rings. The summed E-state index contributed by atoms with van der Waals surface area (Å²) in [6, 6.07) is 7.61. The number of nitrogens with zero attached hydrogens (tertiary/aromatic N) is 3. The highest BCUT2D eigenvalue weighted by molar-refractivity contribution is 6.30. The zero-order valence-corrected chi connectivity index (χ0v) is 13.2. The number of hydrogen-bond acceptors (Lipinski definition) is 2. The Morgan fingerprint density at radius 2 is 1.88 bits per heavy atom. The van der Waals surface area contributed by atoms with Crippen LogP contribution in [0.1, 0.15) is 11.1 Å². The van der Waals surface area contributed by atoms with Gasteiger partial charge < -0.3 is 4.90 Å². The number of urea groups is 1. The molecule has 0 saturated carbocycles. The van der Waals surface area contributed by atoms with Crippen LogP contribution in [0.25, 0.3) is 0 Å². The van der Waals surface area contributed by atoms with E-state index in [1.54, 1.807) is 42.7 Å². The molecule has 8 heteroatoms. The number of anilines is 1. The van der Waals surface area contributed by atoms with E-state index >= 15 is 0 Å². The first-order valence-corrected chi connectivity index (χ1v) is 7.52. The van der Waals surface area contributed by atoms with Crippen molar-refractivity contribution in [1.82, 2.24) is 9.88 Å². The quantitative estimate of drug-likeness (QED) is 0.825. The molecule has 0 spiro atoms. The molecule has 0 bridgehead atoms. The predicted molar refractivity (Wildman–Crippen MR) is 83.7 cm³/mol. The standard InChI is InChI=1S/C16H13ClF3N3O/c17-13-1-2-14-12(7-13)9-22(10-16(18,19)20)15(24)23(14)8-11-3-5-21-6-4-11/h1-7H,8-10H2. The van der Waals surface area contributed by atoms with E-state index in [-0.39, 0.29) is 13.1 Å². The van der Waals surface area contributed by atoms with Crippen LogP contribution in [-0.2, 0) is 13.1 Å². The van der Waals surface area contributed by atoms with Crippen LogP contribution in [0.2, 0.25) is 5.02 Å². The van der Waals surface area contributed by atoms with Crippen molar-refractivity contribution in [3.63, 3.8) is 0 Å². The van der Waals surface area contributed by atoms with Crippen molar-refractivity contribution in [3.05, 3.63) is 58.9 Å². The summed E-state index contributed by atoms with van der Waals surface area (Å²) in [5.41, 5.74) is 1.92. The topological polar surface area (TPSA) is 36.4 Å². The molecular weight excluding hydrogens is 343 g/mol. The lowest BCUT2D eigenvalue weighted by Crippen LogP contribution is -2.49. The van der Waals surface area contributed by atoms with Crippen molar-refractivity contribution in [1.29, 1.82) is 0 Å². The van der Waals surface area contributed by atoms with Crippen LogP contribution < -0.4 is 4.90 Å². The minimum Gasteiger partial charge on any atom is -0.311 e. The third kappa shape index (κ3) is 3.62. The highest BCUT2D eigenvalue weighted by atomic mass is 35.5. The number of amides is 2. The summed E-state index contributed by atoms with van der Waals surface area (Å²) in [6.07, 6.45) is -1.33. The molecular formula is C16H13ClF3N3O. The van der Waals surface area contributed by atoms with Crippen molar-refractivity contribution >= 4 is 23.3 Å². The molecule has 0 fully saturated rings. The Morgan fingerprint density at radius 3 is 2.54 bits per heavy atom. The molecule has 24 heavy (non-hydrogen) atoms. The Morgan fingerprint density at radius 1 is 1.17 bits per heavy atom. The predicted octanol–water partition coefficient (Wildman–Crippen LogP) is 4.24. The van der Waals surface area contributed by atoms with Gasteiger partial charge in [-0.05, 0) is 41.5 Å². The maximum Gasteiger partial charge on any atom is 0.406 e. The number of hydrogen-bond donors (Lipinski definition) is 0. The van der Waals surface area contributed by atoms with Crippen LogP contribution >= 0.6 is 11.6 Å². The Bertz CT molecular complexity index is 752. The first-order chi connectivity index (χ1) is 11.3. The fraction of sp³-hybridized carbons (Fsp3) is 0.250. The monoisotopic (exact) mass is 355 g/mol. The molecule has 126 valence electrons. The summed E-state index contributed by atoms with van der Waals surface area (Å²) in [4.78, 5) is 18.6. The molecule has 0 unspecified atom stereocenters. The lowest BCUT2D eigenvalue weighted by Gasteiger charge is -2.37. The second-order valence-electron chi connectivity index (χ2n) is 5.47. The van der Waals surface area contributed by atoms with Crippen molar-refractivity contribution < 1.29 is 18.0 Å². The van der Waals surface area contributed by atoms with Gasteiger partial charge in [-0.25, -0.2) is 4.79 Å². The maximum absolute atomic E-state index is 12.8. The third-order valence-corrected chi connectivity index (χ3v) is 3.89. The van der Waals surface area contributed by atoms with Crippen LogP contribution in [-0.4, -0.2) is 28.6 Å². The average Bonchev–Trinajstić information content (AvgIpc) is 2.51. The van der Waals surface area contributed by atoms with Crippen molar-refractivity contribution in [3.8, 4) is 0 Å². The Hall–Kier alpha value is -2.28. The van der Waals surface area contributed by atoms with Gasteiger partial charge in [0, 0.05) is 24.0 Å². The molecule has 0 N–H and O–H groups in total. The average molecular weight is 356 g/mol. The summed E-state index contributed by atoms with van der Waals surface area (Å²) in [5, 5.41) is 0.416. The first kappa shape index (κ1) is 16.6. The van der Waals surface area contributed by atoms with Crippen molar-refractivity contribution in [2.75, 3.05) is 11.4 Å². The van der Waals surface area contributed by atoms with Gasteiger partial charge in [0.1, 0.15) is 6.54 Å². The van der Waals surface area contributed by atoms with Crippen LogP contribution in [0, 0.1) is 0 Å². The van der Waals surface area contributed by atoms with Gasteiger partial charge in [0.15, 0.2) is 0 Å². The van der Waals surface area contributed by atoms with Crippen LogP contribution in [0.4, 0.5) is 23.7 Å². The molecule has 3 rings (SSSR count). The van der Waals surface area contributed by atoms with Crippen molar-refractivity contribution in [2.45, 2.75) is 19.3 Å². The number of benzene rings is 1. The highest BCUT2D eigenvalue weighted by Crippen LogP contribution is 2.33. The smallest absolute Gasteiger partial charge is 0.311 e. The number of halogens is 4. The minimum absolute atomic E-state index is 0.124. The van der Waals surface area contributed by atoms with Crippen LogP contribution in [0.15, 0.2) is 42.7 Å². The number of aromatic nitrogens is 1. The largest absolute Gasteiger partial charge is 0.406 e. The maximum atomic E-state index is 12.8. The fourth-order valence-electron chi connectivity index (χ4n) is 2.65. The zero-order chi connectivity index (χ0) is 17.3. The number of rotatable bonds is 3. The number of pyridine rings is 1. The number of carbonyl (C=O) groups is 1. The Kier molecular flexibility index (Phi) is 4.36. The van der Waals surface area contributed by atoms with Gasteiger partial charge >= 0.3 is 12.2 Å². The Labute approximate surface area is 141 Å². The lowest BCUT2D eigenvalue weighted by molar-refractivity contribution is -0.140. The van der Waals surface area contributed by atoms with Gasteiger partial charge in [0.2, 0.25) is 0 Å². The van der Waals surface area contributed by atoms with Gasteiger partial charge in [0.25, 0.3) is 0 Å². The summed E-state index contributed by atoms with van der Waals surface area (Å²) >= 11 is 5.95. The zero-order valence-electron chi connectivity index (χ0n) is 12.4. The van der Waals surface area contributed by atoms with Crippen LogP contribution in [0.5, 0.6) is 0 Å².